The first-order chi connectivity index (χ1) is 12.6. The van der Waals surface area contributed by atoms with E-state index in [1.54, 1.807) is 18.8 Å². The summed E-state index contributed by atoms with van der Waals surface area (Å²) in [5.74, 6) is 2.85. The van der Waals surface area contributed by atoms with E-state index in [0.717, 1.165) is 50.1 Å². The summed E-state index contributed by atoms with van der Waals surface area (Å²) in [6.07, 6.45) is 0.832. The number of piperazine rings is 1. The van der Waals surface area contributed by atoms with Gasteiger partial charge in [-0.05, 0) is 12.2 Å². The minimum Gasteiger partial charge on any atom is -0.387 e. The molecule has 3 rings (SSSR count). The number of aliphatic hydroxyl groups is 1. The van der Waals surface area contributed by atoms with Crippen molar-refractivity contribution in [3.05, 3.63) is 0 Å². The number of hydrogen-bond donors (Lipinski definition) is 2. The van der Waals surface area contributed by atoms with Gasteiger partial charge >= 0.3 is 0 Å². The van der Waals surface area contributed by atoms with Crippen molar-refractivity contribution in [3.8, 4) is 0 Å². The SMILES string of the molecule is CN=C(NCC1(O)CCSC1)N1CCN(CC(=O)N2CCOCC2)CC1.I. The molecule has 3 saturated heterocycles. The maximum Gasteiger partial charge on any atom is 0.236 e. The summed E-state index contributed by atoms with van der Waals surface area (Å²) in [6.45, 7) is 7.09. The molecule has 8 nitrogen and oxygen atoms in total. The Morgan fingerprint density at radius 3 is 2.48 bits per heavy atom. The number of aliphatic imine (C=N–C) groups is 1. The zero-order valence-corrected chi connectivity index (χ0v) is 19.2. The third kappa shape index (κ3) is 6.62. The van der Waals surface area contributed by atoms with Gasteiger partial charge in [-0.1, -0.05) is 0 Å². The minimum atomic E-state index is -0.618. The molecule has 3 aliphatic rings. The number of morpholine rings is 1. The van der Waals surface area contributed by atoms with Gasteiger partial charge in [-0.15, -0.1) is 24.0 Å². The molecule has 0 aromatic rings. The number of rotatable bonds is 4. The number of halogens is 1. The van der Waals surface area contributed by atoms with Crippen LogP contribution in [0.5, 0.6) is 0 Å². The van der Waals surface area contributed by atoms with Crippen LogP contribution in [0.1, 0.15) is 6.42 Å². The summed E-state index contributed by atoms with van der Waals surface area (Å²) in [7, 11) is 1.78. The van der Waals surface area contributed by atoms with Crippen molar-refractivity contribution in [2.24, 2.45) is 4.99 Å². The maximum absolute atomic E-state index is 12.4. The van der Waals surface area contributed by atoms with Crippen molar-refractivity contribution in [3.63, 3.8) is 0 Å². The predicted molar refractivity (Wildman–Crippen MR) is 119 cm³/mol. The van der Waals surface area contributed by atoms with Crippen LogP contribution in [0.2, 0.25) is 0 Å². The van der Waals surface area contributed by atoms with Crippen molar-refractivity contribution in [1.82, 2.24) is 20.0 Å². The van der Waals surface area contributed by atoms with E-state index in [0.29, 0.717) is 39.4 Å². The number of carbonyl (C=O) groups excluding carboxylic acids is 1. The Labute approximate surface area is 183 Å². The summed E-state index contributed by atoms with van der Waals surface area (Å²) in [6, 6.07) is 0. The maximum atomic E-state index is 12.4. The first-order valence-electron chi connectivity index (χ1n) is 9.43. The summed E-state index contributed by atoms with van der Waals surface area (Å²) in [5, 5.41) is 13.8. The van der Waals surface area contributed by atoms with E-state index in [-0.39, 0.29) is 29.9 Å². The third-order valence-electron chi connectivity index (χ3n) is 5.26. The van der Waals surface area contributed by atoms with Crippen molar-refractivity contribution < 1.29 is 14.6 Å². The second kappa shape index (κ2) is 11.0. The number of amides is 1. The number of thioether (sulfide) groups is 1. The molecule has 1 unspecified atom stereocenters. The van der Waals surface area contributed by atoms with Crippen molar-refractivity contribution >= 4 is 47.6 Å². The smallest absolute Gasteiger partial charge is 0.236 e. The second-order valence-corrected chi connectivity index (χ2v) is 8.29. The molecule has 3 fully saturated rings. The van der Waals surface area contributed by atoms with E-state index in [1.807, 2.05) is 4.90 Å². The second-order valence-electron chi connectivity index (χ2n) is 7.18. The van der Waals surface area contributed by atoms with E-state index in [9.17, 15) is 9.90 Å². The lowest BCUT2D eigenvalue weighted by Gasteiger charge is -2.38. The van der Waals surface area contributed by atoms with Gasteiger partial charge in [0.05, 0.1) is 25.4 Å². The van der Waals surface area contributed by atoms with Crippen molar-refractivity contribution in [2.45, 2.75) is 12.0 Å². The van der Waals surface area contributed by atoms with Gasteiger partial charge in [0.25, 0.3) is 0 Å². The zero-order valence-electron chi connectivity index (χ0n) is 16.1. The normalized spacial score (nSPS) is 27.4. The van der Waals surface area contributed by atoms with Gasteiger partial charge < -0.3 is 25.0 Å². The van der Waals surface area contributed by atoms with Crippen LogP contribution in [0.4, 0.5) is 0 Å². The van der Waals surface area contributed by atoms with E-state index in [1.165, 1.54) is 0 Å². The van der Waals surface area contributed by atoms with E-state index in [2.05, 4.69) is 20.1 Å². The number of guanidine groups is 1. The number of nitrogens with zero attached hydrogens (tertiary/aromatic N) is 4. The molecule has 3 heterocycles. The number of hydrogen-bond acceptors (Lipinski definition) is 6. The van der Waals surface area contributed by atoms with Crippen molar-refractivity contribution in [2.75, 3.05) is 84.1 Å². The van der Waals surface area contributed by atoms with Crippen LogP contribution >= 0.6 is 35.7 Å². The number of ether oxygens (including phenoxy) is 1. The molecule has 0 aromatic heterocycles. The summed E-state index contributed by atoms with van der Waals surface area (Å²) >= 11 is 1.80. The van der Waals surface area contributed by atoms with Gasteiger partial charge in [0, 0.05) is 58.6 Å². The Bertz CT molecular complexity index is 505. The molecule has 10 heteroatoms. The van der Waals surface area contributed by atoms with Gasteiger partial charge in [0.15, 0.2) is 5.96 Å². The van der Waals surface area contributed by atoms with Crippen molar-refractivity contribution in [1.29, 1.82) is 0 Å². The molecule has 2 N–H and O–H groups in total. The van der Waals surface area contributed by atoms with Crippen LogP contribution < -0.4 is 5.32 Å². The van der Waals surface area contributed by atoms with Gasteiger partial charge in [0.1, 0.15) is 0 Å². The highest BCUT2D eigenvalue weighted by molar-refractivity contribution is 14.0. The molecule has 0 bridgehead atoms. The highest BCUT2D eigenvalue weighted by Gasteiger charge is 2.32. The summed E-state index contributed by atoms with van der Waals surface area (Å²) in [4.78, 5) is 23.1. The molecule has 1 amide bonds. The fourth-order valence-electron chi connectivity index (χ4n) is 3.53. The molecule has 3 aliphatic heterocycles. The van der Waals surface area contributed by atoms with E-state index >= 15 is 0 Å². The first kappa shape index (κ1) is 23.0. The molecular weight excluding hydrogens is 481 g/mol. The van der Waals surface area contributed by atoms with Crippen LogP contribution in [0.3, 0.4) is 0 Å². The average molecular weight is 513 g/mol. The molecule has 27 heavy (non-hydrogen) atoms. The van der Waals surface area contributed by atoms with Crippen LogP contribution in [-0.2, 0) is 9.53 Å². The molecule has 0 spiro atoms. The van der Waals surface area contributed by atoms with E-state index < -0.39 is 5.60 Å². The standard InChI is InChI=1S/C17H31N5O3S.HI/c1-18-16(19-13-17(24)2-11-26-14-17)22-5-3-20(4-6-22)12-15(23)21-7-9-25-10-8-21;/h24H,2-14H2,1H3,(H,18,19);1H. The molecule has 0 aromatic carbocycles. The average Bonchev–Trinajstić information content (AvgIpc) is 3.11. The molecule has 1 atom stereocenters. The van der Waals surface area contributed by atoms with E-state index in [4.69, 9.17) is 4.74 Å². The third-order valence-corrected chi connectivity index (χ3v) is 6.50. The van der Waals surface area contributed by atoms with Gasteiger partial charge in [-0.25, -0.2) is 0 Å². The molecule has 0 aliphatic carbocycles. The number of nitrogens with one attached hydrogen (secondary N) is 1. The lowest BCUT2D eigenvalue weighted by molar-refractivity contribution is -0.136. The topological polar surface area (TPSA) is 80.6 Å². The van der Waals surface area contributed by atoms with Crippen LogP contribution in [0, 0.1) is 0 Å². The van der Waals surface area contributed by atoms with Gasteiger partial charge in [-0.2, -0.15) is 11.8 Å². The first-order valence-corrected chi connectivity index (χ1v) is 10.6. The Balaban J connectivity index is 0.00000261. The summed E-state index contributed by atoms with van der Waals surface area (Å²) in [5.41, 5.74) is -0.618. The van der Waals surface area contributed by atoms with Crippen LogP contribution in [0.25, 0.3) is 0 Å². The fraction of sp³-hybridized carbons (Fsp3) is 0.882. The highest BCUT2D eigenvalue weighted by Crippen LogP contribution is 2.27. The lowest BCUT2D eigenvalue weighted by Crippen LogP contribution is -2.56. The lowest BCUT2D eigenvalue weighted by atomic mass is 10.0. The highest BCUT2D eigenvalue weighted by atomic mass is 127. The van der Waals surface area contributed by atoms with Crippen LogP contribution in [0.15, 0.2) is 4.99 Å². The largest absolute Gasteiger partial charge is 0.387 e. The Morgan fingerprint density at radius 2 is 1.89 bits per heavy atom. The Kier molecular flexibility index (Phi) is 9.39. The van der Waals surface area contributed by atoms with Gasteiger partial charge in [-0.3, -0.25) is 14.7 Å². The summed E-state index contributed by atoms with van der Waals surface area (Å²) < 4.78 is 5.31. The predicted octanol–water partition coefficient (Wildman–Crippen LogP) is -0.476. The van der Waals surface area contributed by atoms with Gasteiger partial charge in [0.2, 0.25) is 5.91 Å². The zero-order chi connectivity index (χ0) is 18.4. The molecule has 0 saturated carbocycles. The molecule has 156 valence electrons. The Hall–Kier alpha value is -0.300. The quantitative estimate of drug-likeness (QED) is 0.299. The molecule has 0 radical (unpaired) electrons. The fourth-order valence-corrected chi connectivity index (χ4v) is 4.83. The monoisotopic (exact) mass is 513 g/mol. The molecular formula is C17H32IN5O3S. The number of carbonyl (C=O) groups is 1. The Morgan fingerprint density at radius 1 is 1.19 bits per heavy atom. The minimum absolute atomic E-state index is 0. The van der Waals surface area contributed by atoms with Crippen LogP contribution in [-0.4, -0.2) is 121 Å².